The molecule has 0 fully saturated rings. The summed E-state index contributed by atoms with van der Waals surface area (Å²) in [4.78, 5) is 24.2. The van der Waals surface area contributed by atoms with E-state index in [-0.39, 0.29) is 23.0 Å². The van der Waals surface area contributed by atoms with Gasteiger partial charge in [-0.1, -0.05) is 30.4 Å². The number of carbonyl (C=O) groups is 1. The normalized spacial score (nSPS) is 18.8. The van der Waals surface area contributed by atoms with Crippen LogP contribution in [0.4, 0.5) is 4.39 Å². The minimum Gasteiger partial charge on any atom is -0.369 e. The molecule has 0 saturated heterocycles. The molecule has 0 unspecified atom stereocenters. The number of fused-ring (bicyclic) bond motifs is 3. The van der Waals surface area contributed by atoms with Gasteiger partial charge in [0, 0.05) is 22.2 Å². The van der Waals surface area contributed by atoms with Crippen molar-refractivity contribution in [2.24, 2.45) is 0 Å². The van der Waals surface area contributed by atoms with E-state index >= 15 is 0 Å². The first kappa shape index (κ1) is 20.8. The third kappa shape index (κ3) is 4.21. The minimum absolute atomic E-state index is 0.0432. The minimum atomic E-state index is -0.345. The van der Waals surface area contributed by atoms with E-state index in [0.29, 0.717) is 17.3 Å². The van der Waals surface area contributed by atoms with Crippen LogP contribution in [-0.2, 0) is 17.8 Å². The van der Waals surface area contributed by atoms with E-state index in [9.17, 15) is 9.18 Å². The Morgan fingerprint density at radius 2 is 2.07 bits per heavy atom. The molecule has 1 atom stereocenters. The SMILES string of the molecule is CC[C@@]1(C)Cc2c(sc3nc(SC)nc(SCC(=O)c4ccc(F)cc4)c23)CO1. The molecule has 29 heavy (non-hydrogen) atoms. The Balaban J connectivity index is 1.68. The summed E-state index contributed by atoms with van der Waals surface area (Å²) in [5, 5.41) is 2.60. The lowest BCUT2D eigenvalue weighted by atomic mass is 9.90. The fraction of sp³-hybridized carbons (Fsp3) is 0.381. The standard InChI is InChI=1S/C21H21FN2O2S3/c1-4-21(2)9-14-16(10-26-21)29-19-17(14)18(23-20(24-19)27-3)28-11-15(25)12-5-7-13(22)8-6-12/h5-8H,4,9-11H2,1-3H3/t21-/m0/s1. The highest BCUT2D eigenvalue weighted by atomic mass is 32.2. The van der Waals surface area contributed by atoms with Crippen molar-refractivity contribution < 1.29 is 13.9 Å². The van der Waals surface area contributed by atoms with Gasteiger partial charge in [0.2, 0.25) is 0 Å². The van der Waals surface area contributed by atoms with Crippen molar-refractivity contribution in [1.82, 2.24) is 9.97 Å². The summed E-state index contributed by atoms with van der Waals surface area (Å²) in [6.07, 6.45) is 3.70. The number of ether oxygens (including phenoxy) is 1. The van der Waals surface area contributed by atoms with Gasteiger partial charge in [0.25, 0.3) is 0 Å². The molecular weight excluding hydrogens is 427 g/mol. The van der Waals surface area contributed by atoms with Crippen molar-refractivity contribution in [3.63, 3.8) is 0 Å². The maximum absolute atomic E-state index is 13.1. The maximum atomic E-state index is 13.1. The first-order valence-electron chi connectivity index (χ1n) is 9.34. The van der Waals surface area contributed by atoms with Crippen LogP contribution in [0.25, 0.3) is 10.2 Å². The van der Waals surface area contributed by atoms with Gasteiger partial charge >= 0.3 is 0 Å². The third-order valence-electron chi connectivity index (χ3n) is 5.22. The zero-order chi connectivity index (χ0) is 20.6. The van der Waals surface area contributed by atoms with Crippen LogP contribution < -0.4 is 0 Å². The number of rotatable bonds is 6. The number of thioether (sulfide) groups is 2. The molecule has 4 rings (SSSR count). The van der Waals surface area contributed by atoms with Crippen LogP contribution in [0.3, 0.4) is 0 Å². The fourth-order valence-corrected chi connectivity index (χ4v) is 5.89. The molecule has 1 aliphatic rings. The van der Waals surface area contributed by atoms with Gasteiger partial charge in [-0.2, -0.15) is 0 Å². The van der Waals surface area contributed by atoms with Gasteiger partial charge in [0.1, 0.15) is 15.7 Å². The van der Waals surface area contributed by atoms with Gasteiger partial charge in [0.15, 0.2) is 10.9 Å². The molecule has 0 radical (unpaired) electrons. The number of hydrogen-bond donors (Lipinski definition) is 0. The molecule has 0 amide bonds. The largest absolute Gasteiger partial charge is 0.369 e. The van der Waals surface area contributed by atoms with Crippen LogP contribution in [0.2, 0.25) is 0 Å². The highest BCUT2D eigenvalue weighted by Crippen LogP contribution is 2.43. The van der Waals surface area contributed by atoms with Crippen molar-refractivity contribution in [2.75, 3.05) is 12.0 Å². The average molecular weight is 449 g/mol. The van der Waals surface area contributed by atoms with Crippen LogP contribution in [0.1, 0.15) is 41.1 Å². The Labute approximate surface area is 181 Å². The number of hydrogen-bond acceptors (Lipinski definition) is 7. The highest BCUT2D eigenvalue weighted by molar-refractivity contribution is 8.00. The first-order chi connectivity index (χ1) is 13.9. The van der Waals surface area contributed by atoms with Gasteiger partial charge in [-0.05, 0) is 49.4 Å². The third-order valence-corrected chi connectivity index (χ3v) is 7.84. The second kappa shape index (κ2) is 8.34. The van der Waals surface area contributed by atoms with Gasteiger partial charge in [-0.25, -0.2) is 14.4 Å². The Bertz CT molecular complexity index is 1070. The summed E-state index contributed by atoms with van der Waals surface area (Å²) in [5.74, 6) is -0.140. The smallest absolute Gasteiger partial charge is 0.189 e. The van der Waals surface area contributed by atoms with E-state index < -0.39 is 0 Å². The molecule has 0 aliphatic carbocycles. The molecule has 0 N–H and O–H groups in total. The summed E-state index contributed by atoms with van der Waals surface area (Å²) >= 11 is 4.58. The Morgan fingerprint density at radius 3 is 2.76 bits per heavy atom. The monoisotopic (exact) mass is 448 g/mol. The number of halogens is 1. The lowest BCUT2D eigenvalue weighted by Crippen LogP contribution is -2.33. The number of ketones is 1. The molecule has 0 spiro atoms. The van der Waals surface area contributed by atoms with Crippen molar-refractivity contribution in [1.29, 1.82) is 0 Å². The van der Waals surface area contributed by atoms with Crippen LogP contribution in [0.15, 0.2) is 34.4 Å². The lowest BCUT2D eigenvalue weighted by molar-refractivity contribution is -0.0543. The predicted molar refractivity (Wildman–Crippen MR) is 118 cm³/mol. The van der Waals surface area contributed by atoms with Gasteiger partial charge in [0.05, 0.1) is 18.0 Å². The van der Waals surface area contributed by atoms with Crippen molar-refractivity contribution in [3.8, 4) is 0 Å². The molecule has 3 aromatic rings. The zero-order valence-electron chi connectivity index (χ0n) is 16.5. The molecule has 0 saturated carbocycles. The molecule has 1 aromatic carbocycles. The molecule has 0 bridgehead atoms. The van der Waals surface area contributed by atoms with E-state index in [1.165, 1.54) is 58.2 Å². The van der Waals surface area contributed by atoms with E-state index in [2.05, 4.69) is 13.8 Å². The Kier molecular flexibility index (Phi) is 5.97. The summed E-state index contributed by atoms with van der Waals surface area (Å²) < 4.78 is 19.2. The zero-order valence-corrected chi connectivity index (χ0v) is 18.9. The molecule has 152 valence electrons. The maximum Gasteiger partial charge on any atom is 0.189 e. The predicted octanol–water partition coefficient (Wildman–Crippen LogP) is 5.77. The van der Waals surface area contributed by atoms with E-state index in [1.54, 1.807) is 11.3 Å². The van der Waals surface area contributed by atoms with Gasteiger partial charge in [-0.3, -0.25) is 4.79 Å². The molecule has 2 aromatic heterocycles. The number of nitrogens with zero attached hydrogens (tertiary/aromatic N) is 2. The fourth-order valence-electron chi connectivity index (χ4n) is 3.30. The summed E-state index contributed by atoms with van der Waals surface area (Å²) in [5.41, 5.74) is 1.57. The highest BCUT2D eigenvalue weighted by Gasteiger charge is 2.33. The second-order valence-corrected chi connectivity index (χ2v) is 10.0. The lowest BCUT2D eigenvalue weighted by Gasteiger charge is -2.33. The summed E-state index contributed by atoms with van der Waals surface area (Å²) in [7, 11) is 0. The van der Waals surface area contributed by atoms with Crippen LogP contribution >= 0.6 is 34.9 Å². The summed E-state index contributed by atoms with van der Waals surface area (Å²) in [6.45, 7) is 4.87. The van der Waals surface area contributed by atoms with Crippen molar-refractivity contribution >= 4 is 50.9 Å². The molecular formula is C21H21FN2O2S3. The molecule has 3 heterocycles. The number of Topliss-reactive ketones (excluding diaryl/α,β-unsaturated/α-hetero) is 1. The Hall–Kier alpha value is -1.48. The first-order valence-corrected chi connectivity index (χ1v) is 12.4. The van der Waals surface area contributed by atoms with Crippen LogP contribution in [0.5, 0.6) is 0 Å². The molecule has 1 aliphatic heterocycles. The van der Waals surface area contributed by atoms with E-state index in [1.807, 2.05) is 6.26 Å². The van der Waals surface area contributed by atoms with Crippen molar-refractivity contribution in [2.45, 2.75) is 49.1 Å². The molecule has 8 heteroatoms. The van der Waals surface area contributed by atoms with Gasteiger partial charge < -0.3 is 4.74 Å². The van der Waals surface area contributed by atoms with Crippen molar-refractivity contribution in [3.05, 3.63) is 46.1 Å². The van der Waals surface area contributed by atoms with E-state index in [0.717, 1.165) is 28.1 Å². The number of carbonyl (C=O) groups excluding carboxylic acids is 1. The van der Waals surface area contributed by atoms with Gasteiger partial charge in [-0.15, -0.1) is 11.3 Å². The summed E-state index contributed by atoms with van der Waals surface area (Å²) in [6, 6.07) is 5.68. The average Bonchev–Trinajstić information content (AvgIpc) is 3.09. The quantitative estimate of drug-likeness (QED) is 0.207. The van der Waals surface area contributed by atoms with Crippen LogP contribution in [-0.4, -0.2) is 33.4 Å². The molecule has 4 nitrogen and oxygen atoms in total. The topological polar surface area (TPSA) is 52.1 Å². The number of benzene rings is 1. The number of thiophene rings is 1. The van der Waals surface area contributed by atoms with E-state index in [4.69, 9.17) is 14.7 Å². The Morgan fingerprint density at radius 1 is 1.31 bits per heavy atom. The second-order valence-electron chi connectivity index (χ2n) is 7.19. The number of aromatic nitrogens is 2. The van der Waals surface area contributed by atoms with Crippen LogP contribution in [0, 0.1) is 5.82 Å².